The first-order valence-corrected chi connectivity index (χ1v) is 8.68. The summed E-state index contributed by atoms with van der Waals surface area (Å²) in [6.07, 6.45) is 4.77. The normalized spacial score (nSPS) is 15.7. The topological polar surface area (TPSA) is 20.3 Å². The van der Waals surface area contributed by atoms with E-state index in [0.29, 0.717) is 6.04 Å². The molecular formula is C15H19Br2NO. The van der Waals surface area contributed by atoms with Gasteiger partial charge in [-0.15, -0.1) is 0 Å². The summed E-state index contributed by atoms with van der Waals surface area (Å²) in [5.41, 5.74) is 1.89. The second-order valence-corrected chi connectivity index (χ2v) is 6.65. The van der Waals surface area contributed by atoms with E-state index in [9.17, 15) is 4.79 Å². The van der Waals surface area contributed by atoms with E-state index in [4.69, 9.17) is 0 Å². The van der Waals surface area contributed by atoms with Crippen LogP contribution in [0.2, 0.25) is 0 Å². The summed E-state index contributed by atoms with van der Waals surface area (Å²) < 4.78 is 0.928. The summed E-state index contributed by atoms with van der Waals surface area (Å²) >= 11 is 7.01. The summed E-state index contributed by atoms with van der Waals surface area (Å²) in [4.78, 5) is 14.8. The van der Waals surface area contributed by atoms with Crippen LogP contribution in [0.15, 0.2) is 22.7 Å². The number of hydrogen-bond donors (Lipinski definition) is 0. The monoisotopic (exact) mass is 387 g/mol. The van der Waals surface area contributed by atoms with E-state index in [2.05, 4.69) is 31.9 Å². The highest BCUT2D eigenvalue weighted by molar-refractivity contribution is 9.10. The van der Waals surface area contributed by atoms with Crippen LogP contribution in [0.3, 0.4) is 0 Å². The lowest BCUT2D eigenvalue weighted by atomic mass is 10.1. The standard InChI is InChI=1S/C15H19Br2NO/c1-11-5-4-8-13(14(11)17)15(19)18(10-9-16)12-6-2-3-7-12/h4-5,8,12H,2-3,6-7,9-10H2,1H3. The van der Waals surface area contributed by atoms with Crippen molar-refractivity contribution in [2.75, 3.05) is 11.9 Å². The van der Waals surface area contributed by atoms with Gasteiger partial charge in [0, 0.05) is 22.4 Å². The molecule has 1 aliphatic carbocycles. The molecule has 2 rings (SSSR count). The summed E-state index contributed by atoms with van der Waals surface area (Å²) in [6, 6.07) is 6.30. The molecule has 1 aliphatic rings. The lowest BCUT2D eigenvalue weighted by molar-refractivity contribution is 0.0695. The highest BCUT2D eigenvalue weighted by atomic mass is 79.9. The average molecular weight is 389 g/mol. The highest BCUT2D eigenvalue weighted by Gasteiger charge is 2.27. The molecule has 1 aromatic carbocycles. The fraction of sp³-hybridized carbons (Fsp3) is 0.533. The van der Waals surface area contributed by atoms with Gasteiger partial charge in [-0.05, 0) is 47.3 Å². The molecule has 0 saturated heterocycles. The van der Waals surface area contributed by atoms with Gasteiger partial charge >= 0.3 is 0 Å². The minimum atomic E-state index is 0.155. The van der Waals surface area contributed by atoms with Crippen molar-refractivity contribution in [3.63, 3.8) is 0 Å². The van der Waals surface area contributed by atoms with Gasteiger partial charge in [-0.3, -0.25) is 4.79 Å². The number of benzene rings is 1. The Morgan fingerprint density at radius 2 is 2.05 bits per heavy atom. The van der Waals surface area contributed by atoms with Crippen molar-refractivity contribution in [2.45, 2.75) is 38.6 Å². The molecule has 19 heavy (non-hydrogen) atoms. The van der Waals surface area contributed by atoms with Crippen molar-refractivity contribution >= 4 is 37.8 Å². The second kappa shape index (κ2) is 6.89. The zero-order chi connectivity index (χ0) is 13.8. The molecule has 1 aromatic rings. The van der Waals surface area contributed by atoms with E-state index < -0.39 is 0 Å². The molecule has 104 valence electrons. The summed E-state index contributed by atoms with van der Waals surface area (Å²) in [6.45, 7) is 2.80. The number of carbonyl (C=O) groups excluding carboxylic acids is 1. The van der Waals surface area contributed by atoms with Crippen LogP contribution in [0.5, 0.6) is 0 Å². The Morgan fingerprint density at radius 1 is 1.37 bits per heavy atom. The Morgan fingerprint density at radius 3 is 2.68 bits per heavy atom. The molecule has 0 aromatic heterocycles. The van der Waals surface area contributed by atoms with E-state index >= 15 is 0 Å². The summed E-state index contributed by atoms with van der Waals surface area (Å²) in [5, 5.41) is 0.832. The van der Waals surface area contributed by atoms with Crippen molar-refractivity contribution in [1.82, 2.24) is 4.90 Å². The van der Waals surface area contributed by atoms with Crippen LogP contribution in [0, 0.1) is 6.92 Å². The van der Waals surface area contributed by atoms with E-state index in [1.54, 1.807) is 0 Å². The number of nitrogens with zero attached hydrogens (tertiary/aromatic N) is 1. The quantitative estimate of drug-likeness (QED) is 0.693. The van der Waals surface area contributed by atoms with E-state index in [1.165, 1.54) is 12.8 Å². The molecule has 1 amide bonds. The Kier molecular flexibility index (Phi) is 5.46. The average Bonchev–Trinajstić information content (AvgIpc) is 2.92. The molecule has 0 spiro atoms. The van der Waals surface area contributed by atoms with Gasteiger partial charge in [0.1, 0.15) is 0 Å². The van der Waals surface area contributed by atoms with Crippen LogP contribution in [0.1, 0.15) is 41.6 Å². The third kappa shape index (κ3) is 3.40. The third-order valence-electron chi connectivity index (χ3n) is 3.77. The molecule has 4 heteroatoms. The van der Waals surface area contributed by atoms with E-state index in [1.807, 2.05) is 30.0 Å². The predicted molar refractivity (Wildman–Crippen MR) is 86.0 cm³/mol. The van der Waals surface area contributed by atoms with Gasteiger partial charge in [0.15, 0.2) is 0 Å². The first kappa shape index (κ1) is 15.0. The molecular weight excluding hydrogens is 370 g/mol. The minimum absolute atomic E-state index is 0.155. The molecule has 0 atom stereocenters. The first-order chi connectivity index (χ1) is 9.15. The maximum absolute atomic E-state index is 12.8. The van der Waals surface area contributed by atoms with E-state index in [0.717, 1.165) is 40.3 Å². The van der Waals surface area contributed by atoms with Crippen LogP contribution in [0.25, 0.3) is 0 Å². The van der Waals surface area contributed by atoms with Crippen molar-refractivity contribution in [1.29, 1.82) is 0 Å². The number of alkyl halides is 1. The molecule has 0 unspecified atom stereocenters. The Bertz CT molecular complexity index is 455. The lowest BCUT2D eigenvalue weighted by Gasteiger charge is -2.29. The van der Waals surface area contributed by atoms with Crippen LogP contribution in [0.4, 0.5) is 0 Å². The second-order valence-electron chi connectivity index (χ2n) is 5.06. The first-order valence-electron chi connectivity index (χ1n) is 6.77. The maximum atomic E-state index is 12.8. The molecule has 1 fully saturated rings. The Balaban J connectivity index is 2.25. The third-order valence-corrected chi connectivity index (χ3v) is 5.18. The van der Waals surface area contributed by atoms with Gasteiger partial charge in [-0.25, -0.2) is 0 Å². The number of amides is 1. The van der Waals surface area contributed by atoms with Gasteiger partial charge in [0.05, 0.1) is 5.56 Å². The van der Waals surface area contributed by atoms with Crippen LogP contribution >= 0.6 is 31.9 Å². The number of halogens is 2. The largest absolute Gasteiger partial charge is 0.335 e. The molecule has 0 N–H and O–H groups in total. The maximum Gasteiger partial charge on any atom is 0.255 e. The minimum Gasteiger partial charge on any atom is -0.335 e. The van der Waals surface area contributed by atoms with Crippen LogP contribution in [-0.2, 0) is 0 Å². The molecule has 0 bridgehead atoms. The van der Waals surface area contributed by atoms with Crippen molar-refractivity contribution in [3.05, 3.63) is 33.8 Å². The highest BCUT2D eigenvalue weighted by Crippen LogP contribution is 2.28. The Hall–Kier alpha value is -0.350. The number of aryl methyl sites for hydroxylation is 1. The van der Waals surface area contributed by atoms with Crippen molar-refractivity contribution in [2.24, 2.45) is 0 Å². The summed E-state index contributed by atoms with van der Waals surface area (Å²) in [7, 11) is 0. The predicted octanol–water partition coefficient (Wildman–Crippen LogP) is 4.54. The van der Waals surface area contributed by atoms with Crippen LogP contribution in [-0.4, -0.2) is 28.7 Å². The number of carbonyl (C=O) groups is 1. The fourth-order valence-corrected chi connectivity index (χ4v) is 3.54. The van der Waals surface area contributed by atoms with Gasteiger partial charge in [-0.2, -0.15) is 0 Å². The molecule has 0 aliphatic heterocycles. The molecule has 0 heterocycles. The smallest absolute Gasteiger partial charge is 0.255 e. The lowest BCUT2D eigenvalue weighted by Crippen LogP contribution is -2.40. The number of rotatable bonds is 4. The zero-order valence-electron chi connectivity index (χ0n) is 11.2. The number of hydrogen-bond acceptors (Lipinski definition) is 1. The van der Waals surface area contributed by atoms with Gasteiger partial charge in [0.2, 0.25) is 0 Å². The van der Waals surface area contributed by atoms with Crippen LogP contribution < -0.4 is 0 Å². The van der Waals surface area contributed by atoms with E-state index in [-0.39, 0.29) is 5.91 Å². The van der Waals surface area contributed by atoms with Gasteiger partial charge < -0.3 is 4.90 Å². The molecule has 1 saturated carbocycles. The SMILES string of the molecule is Cc1cccc(C(=O)N(CCBr)C2CCCC2)c1Br. The van der Waals surface area contributed by atoms with Gasteiger partial charge in [0.25, 0.3) is 5.91 Å². The summed E-state index contributed by atoms with van der Waals surface area (Å²) in [5.74, 6) is 0.155. The van der Waals surface area contributed by atoms with Crippen molar-refractivity contribution < 1.29 is 4.79 Å². The molecule has 2 nitrogen and oxygen atoms in total. The van der Waals surface area contributed by atoms with Gasteiger partial charge in [-0.1, -0.05) is 40.9 Å². The molecule has 0 radical (unpaired) electrons. The fourth-order valence-electron chi connectivity index (χ4n) is 2.72. The van der Waals surface area contributed by atoms with Crippen molar-refractivity contribution in [3.8, 4) is 0 Å². The Labute approximate surface area is 131 Å². The zero-order valence-corrected chi connectivity index (χ0v) is 14.3.